The van der Waals surface area contributed by atoms with Gasteiger partial charge in [-0.15, -0.1) is 0 Å². The van der Waals surface area contributed by atoms with Gasteiger partial charge in [-0.25, -0.2) is 0 Å². The molecule has 0 heterocycles. The van der Waals surface area contributed by atoms with Crippen molar-refractivity contribution in [2.75, 3.05) is 20.8 Å². The Hall–Kier alpha value is -1.56. The molecule has 0 fully saturated rings. The van der Waals surface area contributed by atoms with Crippen LogP contribution in [0.25, 0.3) is 0 Å². The third-order valence-corrected chi connectivity index (χ3v) is 1.63. The van der Waals surface area contributed by atoms with Gasteiger partial charge >= 0.3 is 22.3 Å². The van der Waals surface area contributed by atoms with Gasteiger partial charge < -0.3 is 15.2 Å². The Morgan fingerprint density at radius 3 is 1.63 bits per heavy atom. The van der Waals surface area contributed by atoms with Crippen molar-refractivity contribution in [2.45, 2.75) is 6.42 Å². The van der Waals surface area contributed by atoms with E-state index in [1.807, 2.05) is 0 Å². The first-order valence-electron chi connectivity index (χ1n) is 4.64. The summed E-state index contributed by atoms with van der Waals surface area (Å²) in [6, 6.07) is 0. The average Bonchev–Trinajstić information content (AvgIpc) is 2.31. The van der Waals surface area contributed by atoms with E-state index in [0.717, 1.165) is 14.2 Å². The van der Waals surface area contributed by atoms with Gasteiger partial charge in [-0.2, -0.15) is 8.42 Å². The lowest BCUT2D eigenvalue weighted by Gasteiger charge is -2.10. The fourth-order valence-electron chi connectivity index (χ4n) is 0.858. The summed E-state index contributed by atoms with van der Waals surface area (Å²) in [5, 5.41) is 0. The largest absolute Gasteiger partial charge is 0.468 e. The van der Waals surface area contributed by atoms with Crippen molar-refractivity contribution in [3.8, 4) is 0 Å². The second-order valence-corrected chi connectivity index (χ2v) is 3.89. The number of esters is 2. The van der Waals surface area contributed by atoms with Crippen LogP contribution in [0, 0.1) is 5.92 Å². The first kappa shape index (κ1) is 19.8. The Labute approximate surface area is 109 Å². The van der Waals surface area contributed by atoms with Gasteiger partial charge in [-0.05, 0) is 0 Å². The highest BCUT2D eigenvalue weighted by atomic mass is 32.3. The third kappa shape index (κ3) is 12.7. The first-order chi connectivity index (χ1) is 8.56. The van der Waals surface area contributed by atoms with Crippen molar-refractivity contribution in [1.82, 2.24) is 0 Å². The lowest BCUT2D eigenvalue weighted by Crippen LogP contribution is -2.30. The van der Waals surface area contributed by atoms with E-state index in [1.165, 1.54) is 0 Å². The molecule has 0 aliphatic rings. The van der Waals surface area contributed by atoms with Crippen LogP contribution in [0.3, 0.4) is 0 Å². The number of hydrogen-bond acceptors (Lipinski definition) is 8. The number of Topliss-reactive ketones (excluding diaryl/α,β-unsaturated/α-hetero) is 1. The number of ketones is 1. The Morgan fingerprint density at radius 1 is 1.11 bits per heavy atom. The molecule has 4 N–H and O–H groups in total. The Kier molecular flexibility index (Phi) is 9.76. The number of hydrogen-bond donors (Lipinski definition) is 3. The molecule has 112 valence electrons. The van der Waals surface area contributed by atoms with Gasteiger partial charge in [0, 0.05) is 6.42 Å². The molecule has 0 aliphatic carbocycles. The van der Waals surface area contributed by atoms with E-state index < -0.39 is 34.0 Å². The molecule has 10 nitrogen and oxygen atoms in total. The van der Waals surface area contributed by atoms with Gasteiger partial charge in [0.15, 0.2) is 5.92 Å². The summed E-state index contributed by atoms with van der Waals surface area (Å²) in [6.45, 7) is -0.218. The fraction of sp³-hybridized carbons (Fsp3) is 0.625. The summed E-state index contributed by atoms with van der Waals surface area (Å²) in [6.07, 6.45) is -0.282. The molecule has 19 heavy (non-hydrogen) atoms. The van der Waals surface area contributed by atoms with Gasteiger partial charge in [0.25, 0.3) is 0 Å². The minimum absolute atomic E-state index is 0.218. The molecular formula is C8H15NO9S. The predicted molar refractivity (Wildman–Crippen MR) is 60.4 cm³/mol. The predicted octanol–water partition coefficient (Wildman–Crippen LogP) is -1.79. The van der Waals surface area contributed by atoms with E-state index in [1.54, 1.807) is 0 Å². The molecule has 0 saturated heterocycles. The quantitative estimate of drug-likeness (QED) is 0.299. The summed E-state index contributed by atoms with van der Waals surface area (Å²) in [7, 11) is -2.41. The summed E-state index contributed by atoms with van der Waals surface area (Å²) in [5.74, 6) is -3.19. The highest BCUT2D eigenvalue weighted by molar-refractivity contribution is 7.79. The minimum atomic E-state index is -4.67. The van der Waals surface area contributed by atoms with Crippen molar-refractivity contribution in [2.24, 2.45) is 11.7 Å². The molecule has 0 aromatic rings. The SMILES string of the molecule is COC(=O)C(CC(=O)CN)C(=O)OC.O=S(=O)(O)O. The molecule has 0 aliphatic heterocycles. The summed E-state index contributed by atoms with van der Waals surface area (Å²) in [5.41, 5.74) is 5.05. The van der Waals surface area contributed by atoms with E-state index in [4.69, 9.17) is 23.3 Å². The van der Waals surface area contributed by atoms with E-state index in [9.17, 15) is 14.4 Å². The molecule has 0 amide bonds. The monoisotopic (exact) mass is 301 g/mol. The fourth-order valence-corrected chi connectivity index (χ4v) is 0.858. The second kappa shape index (κ2) is 9.38. The van der Waals surface area contributed by atoms with Crippen molar-refractivity contribution in [3.63, 3.8) is 0 Å². The highest BCUT2D eigenvalue weighted by Crippen LogP contribution is 2.08. The van der Waals surface area contributed by atoms with Crippen LogP contribution >= 0.6 is 0 Å². The summed E-state index contributed by atoms with van der Waals surface area (Å²) < 4.78 is 40.3. The molecule has 0 rings (SSSR count). The van der Waals surface area contributed by atoms with Crippen LogP contribution in [0.2, 0.25) is 0 Å². The molecule has 0 saturated carbocycles. The zero-order chi connectivity index (χ0) is 15.6. The first-order valence-corrected chi connectivity index (χ1v) is 6.03. The molecule has 0 aromatic heterocycles. The Balaban J connectivity index is 0. The average molecular weight is 301 g/mol. The lowest BCUT2D eigenvalue weighted by molar-refractivity contribution is -0.160. The van der Waals surface area contributed by atoms with E-state index in [2.05, 4.69) is 9.47 Å². The number of ether oxygens (including phenoxy) is 2. The van der Waals surface area contributed by atoms with E-state index in [-0.39, 0.29) is 13.0 Å². The minimum Gasteiger partial charge on any atom is -0.468 e. The van der Waals surface area contributed by atoms with Crippen LogP contribution in [-0.2, 0) is 34.3 Å². The molecule has 11 heteroatoms. The van der Waals surface area contributed by atoms with Crippen LogP contribution in [0.4, 0.5) is 0 Å². The van der Waals surface area contributed by atoms with Gasteiger partial charge in [0.1, 0.15) is 5.78 Å². The summed E-state index contributed by atoms with van der Waals surface area (Å²) in [4.78, 5) is 33.0. The molecular weight excluding hydrogens is 286 g/mol. The maximum atomic E-state index is 11.0. The third-order valence-electron chi connectivity index (χ3n) is 1.63. The van der Waals surface area contributed by atoms with Crippen molar-refractivity contribution in [3.05, 3.63) is 0 Å². The Bertz CT molecular complexity index is 392. The van der Waals surface area contributed by atoms with Gasteiger partial charge in [-0.1, -0.05) is 0 Å². The van der Waals surface area contributed by atoms with Crippen molar-refractivity contribution in [1.29, 1.82) is 0 Å². The Morgan fingerprint density at radius 2 is 1.42 bits per heavy atom. The number of nitrogens with two attached hydrogens (primary N) is 1. The van der Waals surface area contributed by atoms with Crippen molar-refractivity contribution >= 4 is 28.1 Å². The number of carbonyl (C=O) groups is 3. The molecule has 0 aromatic carbocycles. The molecule has 0 spiro atoms. The van der Waals surface area contributed by atoms with E-state index in [0.29, 0.717) is 0 Å². The van der Waals surface area contributed by atoms with E-state index >= 15 is 0 Å². The second-order valence-electron chi connectivity index (χ2n) is 2.99. The smallest absolute Gasteiger partial charge is 0.394 e. The number of rotatable bonds is 5. The molecule has 0 bridgehead atoms. The topological polar surface area (TPSA) is 170 Å². The molecule has 0 radical (unpaired) electrons. The highest BCUT2D eigenvalue weighted by Gasteiger charge is 2.30. The summed E-state index contributed by atoms with van der Waals surface area (Å²) >= 11 is 0. The van der Waals surface area contributed by atoms with Crippen LogP contribution < -0.4 is 5.73 Å². The standard InChI is InChI=1S/C8H13NO5.H2O4S/c1-13-7(11)6(8(12)14-2)3-5(10)4-9;1-5(2,3)4/h6H,3-4,9H2,1-2H3;(H2,1,2,3,4). The lowest BCUT2D eigenvalue weighted by atomic mass is 10.0. The number of methoxy groups -OCH3 is 2. The van der Waals surface area contributed by atoms with Crippen LogP contribution in [0.1, 0.15) is 6.42 Å². The molecule has 0 unspecified atom stereocenters. The van der Waals surface area contributed by atoms with Crippen molar-refractivity contribution < 1.29 is 41.4 Å². The maximum Gasteiger partial charge on any atom is 0.394 e. The number of carbonyl (C=O) groups excluding carboxylic acids is 3. The zero-order valence-electron chi connectivity index (χ0n) is 10.2. The molecule has 0 atom stereocenters. The van der Waals surface area contributed by atoms with Gasteiger partial charge in [0.2, 0.25) is 0 Å². The van der Waals surface area contributed by atoms with Gasteiger partial charge in [-0.3, -0.25) is 23.5 Å². The normalized spacial score (nSPS) is 10.2. The van der Waals surface area contributed by atoms with Crippen LogP contribution in [0.5, 0.6) is 0 Å². The van der Waals surface area contributed by atoms with Crippen LogP contribution in [-0.4, -0.2) is 56.0 Å². The zero-order valence-corrected chi connectivity index (χ0v) is 11.0. The van der Waals surface area contributed by atoms with Gasteiger partial charge in [0.05, 0.1) is 20.8 Å². The maximum absolute atomic E-state index is 11.0. The van der Waals surface area contributed by atoms with Crippen LogP contribution in [0.15, 0.2) is 0 Å².